The van der Waals surface area contributed by atoms with Crippen LogP contribution in [0.4, 0.5) is 10.3 Å². The fraction of sp³-hybridized carbons (Fsp3) is 0.429. The van der Waals surface area contributed by atoms with Gasteiger partial charge in [0.05, 0.1) is 17.1 Å². The maximum Gasteiger partial charge on any atom is 0.258 e. The summed E-state index contributed by atoms with van der Waals surface area (Å²) in [6.07, 6.45) is 4.95. The van der Waals surface area contributed by atoms with Crippen LogP contribution in [-0.4, -0.2) is 68.5 Å². The van der Waals surface area contributed by atoms with Crippen molar-refractivity contribution < 1.29 is 14.0 Å². The summed E-state index contributed by atoms with van der Waals surface area (Å²) in [5.41, 5.74) is 5.07. The largest absolute Gasteiger partial charge is 0.337 e. The predicted molar refractivity (Wildman–Crippen MR) is 141 cm³/mol. The van der Waals surface area contributed by atoms with Gasteiger partial charge in [0.2, 0.25) is 11.9 Å². The zero-order valence-electron chi connectivity index (χ0n) is 21.4. The molecule has 4 heterocycles. The minimum absolute atomic E-state index is 0.0573. The number of nitrogens with zero attached hydrogens (tertiary/aromatic N) is 5. The molecule has 2 fully saturated rings. The van der Waals surface area contributed by atoms with E-state index < -0.39 is 6.17 Å². The van der Waals surface area contributed by atoms with Crippen molar-refractivity contribution in [3.8, 4) is 0 Å². The van der Waals surface area contributed by atoms with Crippen molar-refractivity contribution in [1.29, 1.82) is 0 Å². The molecule has 5 rings (SSSR count). The molecular formula is C28H33FN6O2. The molecule has 8 nitrogen and oxygen atoms in total. The molecule has 9 heteroatoms. The van der Waals surface area contributed by atoms with Gasteiger partial charge in [-0.1, -0.05) is 12.6 Å². The number of benzene rings is 1. The number of amides is 2. The second kappa shape index (κ2) is 10.4. The van der Waals surface area contributed by atoms with Gasteiger partial charge in [-0.2, -0.15) is 0 Å². The van der Waals surface area contributed by atoms with E-state index >= 15 is 0 Å². The van der Waals surface area contributed by atoms with Crippen LogP contribution in [0.1, 0.15) is 52.5 Å². The smallest absolute Gasteiger partial charge is 0.258 e. The SMILES string of the molecule is C=CC(=O)N1CCCCC(n2c(NC(=O)c3ccnc(C)c3)nc3cc(CN4CC(F)C4)cc(C)c32)C1. The van der Waals surface area contributed by atoms with Crippen molar-refractivity contribution in [1.82, 2.24) is 24.3 Å². The third kappa shape index (κ3) is 5.27. The molecule has 2 saturated heterocycles. The molecule has 2 aliphatic rings. The summed E-state index contributed by atoms with van der Waals surface area (Å²) in [6.45, 7) is 10.3. The van der Waals surface area contributed by atoms with Crippen LogP contribution in [0.5, 0.6) is 0 Å². The number of fused-ring (bicyclic) bond motifs is 1. The molecule has 3 aromatic rings. The van der Waals surface area contributed by atoms with Crippen LogP contribution >= 0.6 is 0 Å². The van der Waals surface area contributed by atoms with Gasteiger partial charge < -0.3 is 9.47 Å². The second-order valence-corrected chi connectivity index (χ2v) is 10.2. The van der Waals surface area contributed by atoms with Crippen molar-refractivity contribution in [2.24, 2.45) is 0 Å². The summed E-state index contributed by atoms with van der Waals surface area (Å²) >= 11 is 0. The molecule has 1 aromatic carbocycles. The van der Waals surface area contributed by atoms with Gasteiger partial charge in [-0.15, -0.1) is 0 Å². The Balaban J connectivity index is 1.55. The minimum Gasteiger partial charge on any atom is -0.337 e. The Morgan fingerprint density at radius 2 is 2.00 bits per heavy atom. The van der Waals surface area contributed by atoms with E-state index in [2.05, 4.69) is 32.4 Å². The maximum atomic E-state index is 13.4. The van der Waals surface area contributed by atoms with Crippen LogP contribution in [0.3, 0.4) is 0 Å². The van der Waals surface area contributed by atoms with E-state index in [0.29, 0.717) is 44.2 Å². The number of rotatable bonds is 6. The normalized spacial score (nSPS) is 18.9. The number of likely N-dealkylation sites (tertiary alicyclic amines) is 2. The van der Waals surface area contributed by atoms with E-state index in [0.717, 1.165) is 47.1 Å². The summed E-state index contributed by atoms with van der Waals surface area (Å²) in [6, 6.07) is 7.51. The van der Waals surface area contributed by atoms with Crippen molar-refractivity contribution in [2.75, 3.05) is 31.5 Å². The number of imidazole rings is 1. The second-order valence-electron chi connectivity index (χ2n) is 10.2. The number of hydrogen-bond donors (Lipinski definition) is 1. The highest BCUT2D eigenvalue weighted by molar-refractivity contribution is 6.04. The molecule has 1 unspecified atom stereocenters. The highest BCUT2D eigenvalue weighted by Crippen LogP contribution is 2.33. The molecule has 0 spiro atoms. The number of halogens is 1. The summed E-state index contributed by atoms with van der Waals surface area (Å²) in [4.78, 5) is 38.7. The lowest BCUT2D eigenvalue weighted by Gasteiger charge is -2.34. The maximum absolute atomic E-state index is 13.4. The zero-order valence-corrected chi connectivity index (χ0v) is 21.4. The number of aryl methyl sites for hydroxylation is 2. The first-order valence-corrected chi connectivity index (χ1v) is 12.9. The molecule has 1 atom stereocenters. The van der Waals surface area contributed by atoms with Crippen LogP contribution < -0.4 is 5.32 Å². The molecule has 194 valence electrons. The van der Waals surface area contributed by atoms with Crippen LogP contribution in [-0.2, 0) is 11.3 Å². The lowest BCUT2D eigenvalue weighted by atomic mass is 10.1. The van der Waals surface area contributed by atoms with E-state index in [4.69, 9.17) is 4.98 Å². The van der Waals surface area contributed by atoms with E-state index in [1.165, 1.54) is 6.08 Å². The first-order valence-electron chi connectivity index (χ1n) is 12.9. The highest BCUT2D eigenvalue weighted by atomic mass is 19.1. The van der Waals surface area contributed by atoms with Crippen LogP contribution in [0.2, 0.25) is 0 Å². The Morgan fingerprint density at radius 1 is 1.19 bits per heavy atom. The summed E-state index contributed by atoms with van der Waals surface area (Å²) in [7, 11) is 0. The Morgan fingerprint density at radius 3 is 2.73 bits per heavy atom. The van der Waals surface area contributed by atoms with Gasteiger partial charge in [0.25, 0.3) is 5.91 Å². The van der Waals surface area contributed by atoms with Gasteiger partial charge in [0, 0.05) is 50.2 Å². The Hall–Kier alpha value is -3.59. The Labute approximate surface area is 216 Å². The van der Waals surface area contributed by atoms with Gasteiger partial charge >= 0.3 is 0 Å². The molecule has 0 aliphatic carbocycles. The molecule has 0 saturated carbocycles. The first kappa shape index (κ1) is 25.1. The fourth-order valence-corrected chi connectivity index (χ4v) is 5.46. The van der Waals surface area contributed by atoms with Crippen LogP contribution in [0.15, 0.2) is 43.1 Å². The minimum atomic E-state index is -0.751. The van der Waals surface area contributed by atoms with Gasteiger partial charge in [-0.05, 0) is 68.5 Å². The molecular weight excluding hydrogens is 471 g/mol. The summed E-state index contributed by atoms with van der Waals surface area (Å²) in [5.74, 6) is 0.108. The molecule has 2 amide bonds. The van der Waals surface area contributed by atoms with E-state index in [1.54, 1.807) is 18.3 Å². The highest BCUT2D eigenvalue weighted by Gasteiger charge is 2.29. The number of anilines is 1. The van der Waals surface area contributed by atoms with Crippen molar-refractivity contribution >= 4 is 28.8 Å². The average molecular weight is 505 g/mol. The van der Waals surface area contributed by atoms with Gasteiger partial charge in [0.15, 0.2) is 0 Å². The molecule has 1 N–H and O–H groups in total. The van der Waals surface area contributed by atoms with E-state index in [-0.39, 0.29) is 17.9 Å². The fourth-order valence-electron chi connectivity index (χ4n) is 5.46. The average Bonchev–Trinajstić information content (AvgIpc) is 3.03. The number of carbonyl (C=O) groups excluding carboxylic acids is 2. The van der Waals surface area contributed by atoms with Gasteiger partial charge in [-0.3, -0.25) is 24.8 Å². The number of nitrogens with one attached hydrogen (secondary N) is 1. The lowest BCUT2D eigenvalue weighted by molar-refractivity contribution is -0.126. The van der Waals surface area contributed by atoms with E-state index in [1.807, 2.05) is 24.8 Å². The number of carbonyl (C=O) groups is 2. The molecule has 37 heavy (non-hydrogen) atoms. The Bertz CT molecular complexity index is 1350. The number of aromatic nitrogens is 3. The zero-order chi connectivity index (χ0) is 26.1. The number of pyridine rings is 1. The van der Waals surface area contributed by atoms with Crippen LogP contribution in [0, 0.1) is 13.8 Å². The molecule has 0 bridgehead atoms. The summed E-state index contributed by atoms with van der Waals surface area (Å²) < 4.78 is 15.5. The van der Waals surface area contributed by atoms with Crippen molar-refractivity contribution in [3.05, 3.63) is 65.5 Å². The number of alkyl halides is 1. The third-order valence-electron chi connectivity index (χ3n) is 7.24. The first-order chi connectivity index (χ1) is 17.8. The predicted octanol–water partition coefficient (Wildman–Crippen LogP) is 4.19. The lowest BCUT2D eigenvalue weighted by Crippen LogP contribution is -2.47. The van der Waals surface area contributed by atoms with E-state index in [9.17, 15) is 14.0 Å². The molecule has 2 aromatic heterocycles. The Kier molecular flexibility index (Phi) is 7.06. The summed E-state index contributed by atoms with van der Waals surface area (Å²) in [5, 5.41) is 3.04. The standard InChI is InChI=1S/C28H33FN6O2/c1-4-25(36)34-10-6-5-7-23(17-34)35-26-18(2)11-20(14-33-15-22(29)16-33)13-24(26)31-28(35)32-27(37)21-8-9-30-19(3)12-21/h4,8-9,11-13,22-23H,1,5-7,10,14-17H2,2-3H3,(H,31,32,37). The van der Waals surface area contributed by atoms with Crippen molar-refractivity contribution in [3.63, 3.8) is 0 Å². The topological polar surface area (TPSA) is 83.4 Å². The number of hydrogen-bond acceptors (Lipinski definition) is 5. The quantitative estimate of drug-likeness (QED) is 0.509. The van der Waals surface area contributed by atoms with Gasteiger partial charge in [0.1, 0.15) is 6.17 Å². The third-order valence-corrected chi connectivity index (χ3v) is 7.24. The van der Waals surface area contributed by atoms with Crippen molar-refractivity contribution in [2.45, 2.75) is 51.9 Å². The van der Waals surface area contributed by atoms with Gasteiger partial charge in [-0.25, -0.2) is 9.37 Å². The molecule has 2 aliphatic heterocycles. The van der Waals surface area contributed by atoms with Crippen LogP contribution in [0.25, 0.3) is 11.0 Å². The molecule has 0 radical (unpaired) electrons. The monoisotopic (exact) mass is 504 g/mol.